The van der Waals surface area contributed by atoms with Crippen LogP contribution in [0.4, 0.5) is 0 Å². The van der Waals surface area contributed by atoms with Gasteiger partial charge in [0.05, 0.1) is 6.54 Å². The van der Waals surface area contributed by atoms with Crippen molar-refractivity contribution in [3.8, 4) is 0 Å². The van der Waals surface area contributed by atoms with Crippen LogP contribution in [0.1, 0.15) is 36.5 Å². The van der Waals surface area contributed by atoms with Crippen LogP contribution in [0.15, 0.2) is 22.6 Å². The Kier molecular flexibility index (Phi) is 5.74. The lowest BCUT2D eigenvalue weighted by Gasteiger charge is -2.16. The molecule has 2 aromatic rings. The zero-order valence-electron chi connectivity index (χ0n) is 14.3. The fourth-order valence-electron chi connectivity index (χ4n) is 2.32. The standard InChI is InChI=1S/C17H21N3O5/c1-9(2)6-12(17(23)24)20-15(21)8-18-16(22)14-7-11-13(25-14)5-4-10(3)19-11/h4-5,7,9,12H,6,8H2,1-3H3,(H,18,22)(H,20,21)(H,23,24)/t12-/m0/s1. The SMILES string of the molecule is Cc1ccc2oc(C(=O)NCC(=O)N[C@@H](CC(C)C)C(=O)O)cc2n1. The highest BCUT2D eigenvalue weighted by atomic mass is 16.4. The molecule has 2 amide bonds. The van der Waals surface area contributed by atoms with Crippen molar-refractivity contribution in [2.45, 2.75) is 33.2 Å². The zero-order valence-corrected chi connectivity index (χ0v) is 14.3. The Balaban J connectivity index is 1.93. The van der Waals surface area contributed by atoms with Gasteiger partial charge in [-0.15, -0.1) is 0 Å². The molecule has 0 saturated heterocycles. The van der Waals surface area contributed by atoms with Crippen LogP contribution < -0.4 is 10.6 Å². The maximum Gasteiger partial charge on any atom is 0.326 e. The van der Waals surface area contributed by atoms with E-state index in [9.17, 15) is 14.4 Å². The molecule has 0 fully saturated rings. The third-order valence-electron chi connectivity index (χ3n) is 3.49. The van der Waals surface area contributed by atoms with Crippen molar-refractivity contribution in [3.05, 3.63) is 29.7 Å². The summed E-state index contributed by atoms with van der Waals surface area (Å²) in [5.41, 5.74) is 1.82. The highest BCUT2D eigenvalue weighted by Gasteiger charge is 2.21. The Morgan fingerprint density at radius 2 is 2.00 bits per heavy atom. The van der Waals surface area contributed by atoms with Crippen LogP contribution in [0, 0.1) is 12.8 Å². The molecule has 0 aliphatic heterocycles. The van der Waals surface area contributed by atoms with Gasteiger partial charge in [-0.05, 0) is 31.4 Å². The smallest absolute Gasteiger partial charge is 0.326 e. The minimum atomic E-state index is -1.10. The first-order valence-corrected chi connectivity index (χ1v) is 7.94. The monoisotopic (exact) mass is 347 g/mol. The quantitative estimate of drug-likeness (QED) is 0.697. The van der Waals surface area contributed by atoms with E-state index >= 15 is 0 Å². The van der Waals surface area contributed by atoms with Gasteiger partial charge in [-0.3, -0.25) is 9.59 Å². The highest BCUT2D eigenvalue weighted by Crippen LogP contribution is 2.17. The topological polar surface area (TPSA) is 122 Å². The number of rotatable bonds is 7. The van der Waals surface area contributed by atoms with Gasteiger partial charge in [-0.25, -0.2) is 9.78 Å². The maximum absolute atomic E-state index is 12.1. The molecule has 2 heterocycles. The van der Waals surface area contributed by atoms with Crippen molar-refractivity contribution in [3.63, 3.8) is 0 Å². The summed E-state index contributed by atoms with van der Waals surface area (Å²) in [6, 6.07) is 3.99. The molecule has 0 unspecified atom stereocenters. The summed E-state index contributed by atoms with van der Waals surface area (Å²) in [6.45, 7) is 5.21. The Labute approximate surface area is 144 Å². The second kappa shape index (κ2) is 7.78. The van der Waals surface area contributed by atoms with Crippen molar-refractivity contribution in [1.29, 1.82) is 0 Å². The molecule has 0 radical (unpaired) electrons. The van der Waals surface area contributed by atoms with E-state index in [0.717, 1.165) is 5.69 Å². The Morgan fingerprint density at radius 1 is 1.28 bits per heavy atom. The molecule has 2 aromatic heterocycles. The minimum absolute atomic E-state index is 0.0397. The molecule has 1 atom stereocenters. The minimum Gasteiger partial charge on any atom is -0.480 e. The summed E-state index contributed by atoms with van der Waals surface area (Å²) in [5, 5.41) is 13.9. The summed E-state index contributed by atoms with van der Waals surface area (Å²) in [7, 11) is 0. The lowest BCUT2D eigenvalue weighted by Crippen LogP contribution is -2.46. The second-order valence-corrected chi connectivity index (χ2v) is 6.22. The van der Waals surface area contributed by atoms with Gasteiger partial charge in [0.2, 0.25) is 5.91 Å². The number of furan rings is 1. The molecule has 0 aliphatic rings. The van der Waals surface area contributed by atoms with Crippen molar-refractivity contribution < 1.29 is 23.9 Å². The molecule has 0 spiro atoms. The number of hydrogen-bond acceptors (Lipinski definition) is 5. The molecule has 0 bridgehead atoms. The van der Waals surface area contributed by atoms with E-state index in [1.807, 2.05) is 20.8 Å². The lowest BCUT2D eigenvalue weighted by atomic mass is 10.0. The van der Waals surface area contributed by atoms with E-state index < -0.39 is 23.8 Å². The van der Waals surface area contributed by atoms with Crippen LogP contribution in [0.2, 0.25) is 0 Å². The molecular weight excluding hydrogens is 326 g/mol. The number of carbonyl (C=O) groups is 3. The normalized spacial score (nSPS) is 12.2. The Hall–Kier alpha value is -2.90. The fourth-order valence-corrected chi connectivity index (χ4v) is 2.32. The molecular formula is C17H21N3O5. The number of carboxylic acids is 1. The second-order valence-electron chi connectivity index (χ2n) is 6.22. The summed E-state index contributed by atoms with van der Waals surface area (Å²) in [6.07, 6.45) is 0.309. The van der Waals surface area contributed by atoms with Crippen LogP contribution in [-0.2, 0) is 9.59 Å². The van der Waals surface area contributed by atoms with E-state index in [2.05, 4.69) is 15.6 Å². The molecule has 8 heteroatoms. The number of aromatic nitrogens is 1. The zero-order chi connectivity index (χ0) is 18.6. The number of carbonyl (C=O) groups excluding carboxylic acids is 2. The third kappa shape index (κ3) is 5.03. The van der Waals surface area contributed by atoms with Crippen molar-refractivity contribution in [2.75, 3.05) is 6.54 Å². The molecule has 0 aliphatic carbocycles. The van der Waals surface area contributed by atoms with E-state index in [0.29, 0.717) is 17.5 Å². The predicted molar refractivity (Wildman–Crippen MR) is 90.1 cm³/mol. The highest BCUT2D eigenvalue weighted by molar-refractivity contribution is 5.97. The number of aryl methyl sites for hydroxylation is 1. The first kappa shape index (κ1) is 18.4. The lowest BCUT2D eigenvalue weighted by molar-refractivity contribution is -0.142. The van der Waals surface area contributed by atoms with Gasteiger partial charge in [0.15, 0.2) is 11.3 Å². The first-order chi connectivity index (χ1) is 11.8. The third-order valence-corrected chi connectivity index (χ3v) is 3.49. The summed E-state index contributed by atoms with van der Waals surface area (Å²) >= 11 is 0. The van der Waals surface area contributed by atoms with Crippen LogP contribution in [0.25, 0.3) is 11.1 Å². The van der Waals surface area contributed by atoms with Gasteiger partial charge in [0.25, 0.3) is 5.91 Å². The largest absolute Gasteiger partial charge is 0.480 e. The van der Waals surface area contributed by atoms with Crippen molar-refractivity contribution in [1.82, 2.24) is 15.6 Å². The maximum atomic E-state index is 12.1. The number of pyridine rings is 1. The number of fused-ring (bicyclic) bond motifs is 1. The van der Waals surface area contributed by atoms with Gasteiger partial charge in [-0.2, -0.15) is 0 Å². The predicted octanol–water partition coefficient (Wildman–Crippen LogP) is 1.48. The van der Waals surface area contributed by atoms with Gasteiger partial charge in [0.1, 0.15) is 11.6 Å². The average Bonchev–Trinajstić information content (AvgIpc) is 2.94. The first-order valence-electron chi connectivity index (χ1n) is 7.94. The Bertz CT molecular complexity index is 797. The van der Waals surface area contributed by atoms with E-state index in [4.69, 9.17) is 9.52 Å². The molecule has 8 nitrogen and oxygen atoms in total. The molecule has 134 valence electrons. The van der Waals surface area contributed by atoms with Gasteiger partial charge < -0.3 is 20.2 Å². The molecule has 3 N–H and O–H groups in total. The van der Waals surface area contributed by atoms with Gasteiger partial charge in [0, 0.05) is 11.8 Å². The number of aliphatic carboxylic acids is 1. The molecule has 2 rings (SSSR count). The summed E-state index contributed by atoms with van der Waals surface area (Å²) < 4.78 is 5.39. The van der Waals surface area contributed by atoms with E-state index in [1.165, 1.54) is 6.07 Å². The Morgan fingerprint density at radius 3 is 2.64 bits per heavy atom. The van der Waals surface area contributed by atoms with Crippen LogP contribution in [-0.4, -0.2) is 40.5 Å². The van der Waals surface area contributed by atoms with Crippen molar-refractivity contribution in [2.24, 2.45) is 5.92 Å². The van der Waals surface area contributed by atoms with Crippen molar-refractivity contribution >= 4 is 28.9 Å². The average molecular weight is 347 g/mol. The molecule has 0 saturated carbocycles. The molecule has 0 aromatic carbocycles. The van der Waals surface area contributed by atoms with Gasteiger partial charge >= 0.3 is 5.97 Å². The van der Waals surface area contributed by atoms with E-state index in [1.54, 1.807) is 12.1 Å². The number of hydrogen-bond donors (Lipinski definition) is 3. The van der Waals surface area contributed by atoms with Crippen LogP contribution >= 0.6 is 0 Å². The van der Waals surface area contributed by atoms with Crippen LogP contribution in [0.3, 0.4) is 0 Å². The summed E-state index contributed by atoms with van der Waals surface area (Å²) in [4.78, 5) is 39.3. The number of nitrogens with zero attached hydrogens (tertiary/aromatic N) is 1. The number of nitrogens with one attached hydrogen (secondary N) is 2. The molecule has 25 heavy (non-hydrogen) atoms. The van der Waals surface area contributed by atoms with Gasteiger partial charge in [-0.1, -0.05) is 13.8 Å². The summed E-state index contributed by atoms with van der Waals surface area (Å²) in [5.74, 6) is -2.10. The van der Waals surface area contributed by atoms with E-state index in [-0.39, 0.29) is 18.2 Å². The number of amides is 2. The van der Waals surface area contributed by atoms with Crippen LogP contribution in [0.5, 0.6) is 0 Å². The fraction of sp³-hybridized carbons (Fsp3) is 0.412. The number of carboxylic acid groups (broad SMARTS) is 1.